The maximum Gasteiger partial charge on any atom is 0.311 e. The largest absolute Gasteiger partial charge is 0.466 e. The zero-order valence-electron chi connectivity index (χ0n) is 8.52. The van der Waals surface area contributed by atoms with Gasteiger partial charge in [-0.3, -0.25) is 14.9 Å². The number of hydrogen-bond donors (Lipinski definition) is 1. The molecule has 6 nitrogen and oxygen atoms in total. The van der Waals surface area contributed by atoms with Crippen LogP contribution in [-0.2, 0) is 9.53 Å². The second-order valence-corrected chi connectivity index (χ2v) is 3.32. The van der Waals surface area contributed by atoms with Gasteiger partial charge in [-0.25, -0.2) is 0 Å². The Kier molecular flexibility index (Phi) is 4.49. The normalized spacial score (nSPS) is 16.9. The van der Waals surface area contributed by atoms with Gasteiger partial charge in [0.05, 0.1) is 12.5 Å². The number of esters is 1. The molecular weight excluding hydrogens is 190 g/mol. The molecule has 0 aromatic heterocycles. The molecule has 0 aliphatic heterocycles. The van der Waals surface area contributed by atoms with Gasteiger partial charge in [0.2, 0.25) is 6.54 Å². The third-order valence-corrected chi connectivity index (χ3v) is 2.02. The summed E-state index contributed by atoms with van der Waals surface area (Å²) >= 11 is 0. The lowest BCUT2D eigenvalue weighted by atomic mass is 9.91. The van der Waals surface area contributed by atoms with Crippen LogP contribution in [0.25, 0.3) is 0 Å². The Morgan fingerprint density at radius 2 is 2.21 bits per heavy atom. The molecule has 0 saturated carbocycles. The van der Waals surface area contributed by atoms with E-state index in [1.165, 1.54) is 13.8 Å². The smallest absolute Gasteiger partial charge is 0.311 e. The first kappa shape index (κ1) is 12.8. The van der Waals surface area contributed by atoms with E-state index in [1.54, 1.807) is 6.92 Å². The third-order valence-electron chi connectivity index (χ3n) is 2.02. The van der Waals surface area contributed by atoms with E-state index in [1.807, 2.05) is 0 Å². The second kappa shape index (κ2) is 4.90. The minimum atomic E-state index is -1.67. The number of hydrogen-bond acceptors (Lipinski definition) is 5. The number of nitro groups is 1. The molecule has 0 unspecified atom stereocenters. The summed E-state index contributed by atoms with van der Waals surface area (Å²) in [5, 5.41) is 19.8. The Morgan fingerprint density at radius 3 is 2.57 bits per heavy atom. The van der Waals surface area contributed by atoms with Crippen molar-refractivity contribution in [2.75, 3.05) is 13.2 Å². The summed E-state index contributed by atoms with van der Waals surface area (Å²) in [6, 6.07) is 0. The maximum atomic E-state index is 11.2. The van der Waals surface area contributed by atoms with Crippen LogP contribution in [0, 0.1) is 16.0 Å². The topological polar surface area (TPSA) is 89.7 Å². The van der Waals surface area contributed by atoms with Crippen LogP contribution in [0.3, 0.4) is 0 Å². The van der Waals surface area contributed by atoms with Crippen LogP contribution in [0.2, 0.25) is 0 Å². The number of carbonyl (C=O) groups excluding carboxylic acids is 1. The van der Waals surface area contributed by atoms with Gasteiger partial charge in [0.25, 0.3) is 0 Å². The minimum absolute atomic E-state index is 0.192. The first-order valence-corrected chi connectivity index (χ1v) is 4.32. The van der Waals surface area contributed by atoms with Gasteiger partial charge in [-0.05, 0) is 20.8 Å². The molecule has 0 bridgehead atoms. The molecule has 82 valence electrons. The van der Waals surface area contributed by atoms with Crippen molar-refractivity contribution >= 4 is 5.97 Å². The van der Waals surface area contributed by atoms with Crippen molar-refractivity contribution in [3.05, 3.63) is 10.1 Å². The fourth-order valence-electron chi connectivity index (χ4n) is 0.919. The van der Waals surface area contributed by atoms with Gasteiger partial charge in [0, 0.05) is 4.92 Å². The average molecular weight is 205 g/mol. The third kappa shape index (κ3) is 3.69. The van der Waals surface area contributed by atoms with Crippen LogP contribution in [0.15, 0.2) is 0 Å². The number of rotatable bonds is 5. The number of ether oxygens (including phenoxy) is 1. The van der Waals surface area contributed by atoms with Crippen LogP contribution in [0.1, 0.15) is 20.8 Å². The highest BCUT2D eigenvalue weighted by molar-refractivity contribution is 5.73. The van der Waals surface area contributed by atoms with Crippen LogP contribution >= 0.6 is 0 Å². The number of carbonyl (C=O) groups is 1. The van der Waals surface area contributed by atoms with Gasteiger partial charge in [0.15, 0.2) is 0 Å². The average Bonchev–Trinajstić information content (AvgIpc) is 2.01. The molecule has 0 saturated heterocycles. The van der Waals surface area contributed by atoms with Gasteiger partial charge in [0.1, 0.15) is 5.60 Å². The summed E-state index contributed by atoms with van der Waals surface area (Å²) in [5.41, 5.74) is -1.67. The fraction of sp³-hybridized carbons (Fsp3) is 0.875. The SMILES string of the molecule is CCOC(=O)[C@H](C)[C@@](C)(O)C[N+](=O)[O-]. The molecule has 0 aliphatic rings. The van der Waals surface area contributed by atoms with E-state index in [2.05, 4.69) is 4.74 Å². The first-order valence-electron chi connectivity index (χ1n) is 4.32. The Labute approximate surface area is 82.0 Å². The molecule has 0 rings (SSSR count). The predicted octanol–water partition coefficient (Wildman–Crippen LogP) is 0.213. The first-order chi connectivity index (χ1) is 6.31. The Bertz CT molecular complexity index is 226. The highest BCUT2D eigenvalue weighted by Crippen LogP contribution is 2.18. The van der Waals surface area contributed by atoms with Crippen molar-refractivity contribution in [1.29, 1.82) is 0 Å². The van der Waals surface area contributed by atoms with Gasteiger partial charge in [-0.1, -0.05) is 0 Å². The molecule has 0 aromatic carbocycles. The molecule has 0 fully saturated rings. The monoisotopic (exact) mass is 205 g/mol. The van der Waals surface area contributed by atoms with Crippen LogP contribution in [0.5, 0.6) is 0 Å². The van der Waals surface area contributed by atoms with Crippen molar-refractivity contribution in [3.8, 4) is 0 Å². The number of nitrogens with zero attached hydrogens (tertiary/aromatic N) is 1. The lowest BCUT2D eigenvalue weighted by Crippen LogP contribution is -2.44. The molecule has 0 amide bonds. The molecule has 0 spiro atoms. The summed E-state index contributed by atoms with van der Waals surface area (Å²) in [7, 11) is 0. The zero-order valence-corrected chi connectivity index (χ0v) is 8.52. The van der Waals surface area contributed by atoms with Gasteiger partial charge in [-0.2, -0.15) is 0 Å². The van der Waals surface area contributed by atoms with E-state index in [-0.39, 0.29) is 6.61 Å². The highest BCUT2D eigenvalue weighted by Gasteiger charge is 2.39. The van der Waals surface area contributed by atoms with E-state index in [0.717, 1.165) is 0 Å². The Hall–Kier alpha value is -1.17. The van der Waals surface area contributed by atoms with Crippen molar-refractivity contribution in [1.82, 2.24) is 0 Å². The molecule has 1 N–H and O–H groups in total. The van der Waals surface area contributed by atoms with Crippen molar-refractivity contribution in [2.45, 2.75) is 26.4 Å². The van der Waals surface area contributed by atoms with Crippen molar-refractivity contribution < 1.29 is 19.6 Å². The van der Waals surface area contributed by atoms with E-state index in [0.29, 0.717) is 0 Å². The second-order valence-electron chi connectivity index (χ2n) is 3.32. The highest BCUT2D eigenvalue weighted by atomic mass is 16.6. The summed E-state index contributed by atoms with van der Waals surface area (Å²) in [5.74, 6) is -1.53. The van der Waals surface area contributed by atoms with Crippen molar-refractivity contribution in [2.24, 2.45) is 5.92 Å². The lowest BCUT2D eigenvalue weighted by Gasteiger charge is -2.24. The molecule has 0 heterocycles. The molecular formula is C8H15NO5. The summed E-state index contributed by atoms with van der Waals surface area (Å²) in [4.78, 5) is 20.7. The van der Waals surface area contributed by atoms with Crippen LogP contribution in [-0.4, -0.2) is 34.8 Å². The van der Waals surface area contributed by atoms with E-state index in [4.69, 9.17) is 0 Å². The number of aliphatic hydroxyl groups is 1. The van der Waals surface area contributed by atoms with Crippen LogP contribution < -0.4 is 0 Å². The minimum Gasteiger partial charge on any atom is -0.466 e. The summed E-state index contributed by atoms with van der Waals surface area (Å²) in [6.45, 7) is 3.80. The molecule has 0 aliphatic carbocycles. The predicted molar refractivity (Wildman–Crippen MR) is 48.3 cm³/mol. The van der Waals surface area contributed by atoms with Gasteiger partial charge < -0.3 is 9.84 Å². The molecule has 6 heteroatoms. The maximum absolute atomic E-state index is 11.2. The van der Waals surface area contributed by atoms with E-state index >= 15 is 0 Å². The van der Waals surface area contributed by atoms with E-state index in [9.17, 15) is 20.0 Å². The molecule has 0 radical (unpaired) electrons. The Balaban J connectivity index is 4.40. The molecule has 14 heavy (non-hydrogen) atoms. The quantitative estimate of drug-likeness (QED) is 0.393. The fourth-order valence-corrected chi connectivity index (χ4v) is 0.919. The Morgan fingerprint density at radius 1 is 1.71 bits per heavy atom. The van der Waals surface area contributed by atoms with Gasteiger partial charge in [-0.15, -0.1) is 0 Å². The van der Waals surface area contributed by atoms with Gasteiger partial charge >= 0.3 is 5.97 Å². The standard InChI is InChI=1S/C8H15NO5/c1-4-14-7(10)6(2)8(3,11)5-9(12)13/h6,11H,4-5H2,1-3H3/t6-,8-/m0/s1. The summed E-state index contributed by atoms with van der Waals surface area (Å²) in [6.07, 6.45) is 0. The zero-order chi connectivity index (χ0) is 11.4. The van der Waals surface area contributed by atoms with Crippen LogP contribution in [0.4, 0.5) is 0 Å². The molecule has 0 aromatic rings. The summed E-state index contributed by atoms with van der Waals surface area (Å²) < 4.78 is 4.65. The van der Waals surface area contributed by atoms with Crippen molar-refractivity contribution in [3.63, 3.8) is 0 Å². The van der Waals surface area contributed by atoms with E-state index < -0.39 is 29.0 Å². The molecule has 2 atom stereocenters. The lowest BCUT2D eigenvalue weighted by molar-refractivity contribution is -0.501.